The fourth-order valence-electron chi connectivity index (χ4n) is 6.67. The van der Waals surface area contributed by atoms with Crippen LogP contribution < -0.4 is 8.92 Å². The Morgan fingerprint density at radius 1 is 0.956 bits per heavy atom. The van der Waals surface area contributed by atoms with E-state index in [1.165, 1.54) is 12.1 Å². The van der Waals surface area contributed by atoms with Crippen molar-refractivity contribution in [1.82, 2.24) is 4.90 Å². The first-order valence-corrected chi connectivity index (χ1v) is 17.1. The van der Waals surface area contributed by atoms with Crippen LogP contribution in [0.25, 0.3) is 0 Å². The number of halogens is 1. The number of carboxylic acids is 1. The number of aryl methyl sites for hydroxylation is 1. The molecule has 2 aliphatic carbocycles. The molecule has 1 heterocycles. The molecule has 0 aromatic heterocycles. The maximum absolute atomic E-state index is 14.0. The maximum atomic E-state index is 14.0. The molecule has 0 amide bonds. The number of Topliss-reactive ketones (excluding diaryl/α,β-unsaturated/α-hetero) is 2. The second kappa shape index (κ2) is 11.7. The minimum Gasteiger partial charge on any atom is -0.490 e. The van der Waals surface area contributed by atoms with E-state index in [9.17, 15) is 27.9 Å². The van der Waals surface area contributed by atoms with Crippen molar-refractivity contribution in [3.8, 4) is 11.5 Å². The summed E-state index contributed by atoms with van der Waals surface area (Å²) in [6.45, 7) is 11.3. The lowest BCUT2D eigenvalue weighted by atomic mass is 9.63. The summed E-state index contributed by atoms with van der Waals surface area (Å²) < 4.78 is 38.3. The number of carbonyl (C=O) groups is 3. The van der Waals surface area contributed by atoms with Gasteiger partial charge in [-0.2, -0.15) is 8.42 Å². The van der Waals surface area contributed by atoms with Gasteiger partial charge in [-0.3, -0.25) is 14.4 Å². The van der Waals surface area contributed by atoms with Crippen molar-refractivity contribution >= 4 is 43.6 Å². The molecule has 3 aliphatic rings. The zero-order valence-electron chi connectivity index (χ0n) is 26.3. The molecule has 0 fully saturated rings. The highest BCUT2D eigenvalue weighted by Crippen LogP contribution is 2.55. The van der Waals surface area contributed by atoms with Crippen molar-refractivity contribution < 1.29 is 36.8 Å². The van der Waals surface area contributed by atoms with Crippen LogP contribution in [0.5, 0.6) is 11.5 Å². The van der Waals surface area contributed by atoms with Crippen molar-refractivity contribution in [3.63, 3.8) is 0 Å². The minimum absolute atomic E-state index is 0.0206. The summed E-state index contributed by atoms with van der Waals surface area (Å²) in [6, 6.07) is 9.57. The number of rotatable bonds is 8. The first-order valence-electron chi connectivity index (χ1n) is 14.9. The number of allylic oxidation sites excluding steroid dienone is 4. The van der Waals surface area contributed by atoms with Gasteiger partial charge in [-0.25, -0.2) is 0 Å². The molecule has 0 bridgehead atoms. The van der Waals surface area contributed by atoms with Gasteiger partial charge in [0.2, 0.25) is 0 Å². The van der Waals surface area contributed by atoms with Gasteiger partial charge in [-0.05, 0) is 83.3 Å². The standard InChI is InChI=1S/C34H38BrNO8S/c1-7-43-27-13-20(12-22(35)32(27)44-45(41,42)21-10-8-19(2)9-11-21)29-30-23(14-33(3,4)16-25(30)37)36(18-28(39)40)24-15-34(5,6)17-26(38)31(24)29/h8-13,29H,7,14-18H2,1-6H3,(H,39,40). The van der Waals surface area contributed by atoms with Crippen LogP contribution in [0.2, 0.25) is 0 Å². The van der Waals surface area contributed by atoms with E-state index < -0.39 is 32.8 Å². The lowest BCUT2D eigenvalue weighted by Gasteiger charge is -2.48. The van der Waals surface area contributed by atoms with Gasteiger partial charge in [0.1, 0.15) is 11.4 Å². The van der Waals surface area contributed by atoms with Crippen molar-refractivity contribution in [2.45, 2.75) is 78.0 Å². The summed E-state index contributed by atoms with van der Waals surface area (Å²) in [5.74, 6) is -2.08. The molecule has 0 spiro atoms. The summed E-state index contributed by atoms with van der Waals surface area (Å²) in [5.41, 5.74) is 2.64. The van der Waals surface area contributed by atoms with Gasteiger partial charge in [-0.15, -0.1) is 0 Å². The molecular formula is C34H38BrNO8S. The lowest BCUT2D eigenvalue weighted by Crippen LogP contribution is -2.45. The average Bonchev–Trinajstić information content (AvgIpc) is 2.90. The monoisotopic (exact) mass is 699 g/mol. The van der Waals surface area contributed by atoms with Gasteiger partial charge < -0.3 is 18.9 Å². The quantitative estimate of drug-likeness (QED) is 0.300. The van der Waals surface area contributed by atoms with Crippen LogP contribution in [0.3, 0.4) is 0 Å². The predicted molar refractivity (Wildman–Crippen MR) is 171 cm³/mol. The van der Waals surface area contributed by atoms with E-state index in [0.29, 0.717) is 40.9 Å². The molecule has 0 radical (unpaired) electrons. The number of ketones is 2. The highest BCUT2D eigenvalue weighted by molar-refractivity contribution is 9.10. The SMILES string of the molecule is CCOc1cc(C2C3=C(CC(C)(C)CC3=O)N(CC(=O)O)C3=C2C(=O)CC(C)(C)C3)cc(Br)c1OS(=O)(=O)c1ccc(C)cc1. The highest BCUT2D eigenvalue weighted by Gasteiger charge is 2.49. The highest BCUT2D eigenvalue weighted by atomic mass is 79.9. The van der Waals surface area contributed by atoms with Crippen LogP contribution in [0.1, 0.15) is 77.3 Å². The molecule has 0 unspecified atom stereocenters. The lowest BCUT2D eigenvalue weighted by molar-refractivity contribution is -0.138. The molecule has 1 N–H and O–H groups in total. The number of hydrogen-bond acceptors (Lipinski definition) is 8. The van der Waals surface area contributed by atoms with E-state index in [0.717, 1.165) is 5.56 Å². The zero-order valence-corrected chi connectivity index (χ0v) is 28.7. The zero-order chi connectivity index (χ0) is 33.1. The third-order valence-corrected chi connectivity index (χ3v) is 10.3. The number of benzene rings is 2. The third-order valence-electron chi connectivity index (χ3n) is 8.48. The Morgan fingerprint density at radius 3 is 1.98 bits per heavy atom. The Balaban J connectivity index is 1.72. The van der Waals surface area contributed by atoms with E-state index in [-0.39, 0.29) is 58.4 Å². The molecule has 2 aromatic rings. The minimum atomic E-state index is -4.23. The molecule has 45 heavy (non-hydrogen) atoms. The summed E-state index contributed by atoms with van der Waals surface area (Å²) in [5, 5.41) is 9.93. The Bertz CT molecular complexity index is 1720. The van der Waals surface area contributed by atoms with Crippen molar-refractivity contribution in [1.29, 1.82) is 0 Å². The normalized spacial score (nSPS) is 19.8. The van der Waals surface area contributed by atoms with Gasteiger partial charge in [0.05, 0.1) is 11.1 Å². The van der Waals surface area contributed by atoms with Crippen LogP contribution in [-0.2, 0) is 24.5 Å². The van der Waals surface area contributed by atoms with Crippen LogP contribution >= 0.6 is 15.9 Å². The van der Waals surface area contributed by atoms with E-state index >= 15 is 0 Å². The fraction of sp³-hybridized carbons (Fsp3) is 0.441. The molecule has 0 saturated carbocycles. The third kappa shape index (κ3) is 6.47. The van der Waals surface area contributed by atoms with Crippen molar-refractivity contribution in [2.75, 3.05) is 13.2 Å². The van der Waals surface area contributed by atoms with Gasteiger partial charge in [0, 0.05) is 41.3 Å². The first kappa shape index (κ1) is 32.9. The van der Waals surface area contributed by atoms with Crippen LogP contribution in [-0.4, -0.2) is 49.1 Å². The molecule has 2 aromatic carbocycles. The van der Waals surface area contributed by atoms with E-state index in [1.807, 2.05) is 34.6 Å². The smallest absolute Gasteiger partial charge is 0.339 e. The van der Waals surface area contributed by atoms with Crippen LogP contribution in [0, 0.1) is 17.8 Å². The molecule has 9 nitrogen and oxygen atoms in total. The van der Waals surface area contributed by atoms with Crippen molar-refractivity contribution in [3.05, 3.63) is 74.5 Å². The summed E-state index contributed by atoms with van der Waals surface area (Å²) >= 11 is 3.50. The van der Waals surface area contributed by atoms with Crippen LogP contribution in [0.15, 0.2) is 68.3 Å². The second-order valence-electron chi connectivity index (χ2n) is 13.6. The molecule has 11 heteroatoms. The average molecular weight is 701 g/mol. The molecular weight excluding hydrogens is 662 g/mol. The summed E-state index contributed by atoms with van der Waals surface area (Å²) in [6.07, 6.45) is 1.39. The number of ether oxygens (including phenoxy) is 1. The number of carboxylic acid groups (broad SMARTS) is 1. The Labute approximate surface area is 272 Å². The molecule has 5 rings (SSSR count). The summed E-state index contributed by atoms with van der Waals surface area (Å²) in [4.78, 5) is 41.8. The van der Waals surface area contributed by atoms with Gasteiger partial charge in [0.25, 0.3) is 0 Å². The Kier molecular flexibility index (Phi) is 8.59. The largest absolute Gasteiger partial charge is 0.490 e. The second-order valence-corrected chi connectivity index (χ2v) is 16.0. The maximum Gasteiger partial charge on any atom is 0.339 e. The van der Waals surface area contributed by atoms with Crippen LogP contribution in [0.4, 0.5) is 0 Å². The van der Waals surface area contributed by atoms with Gasteiger partial charge in [0.15, 0.2) is 23.1 Å². The Morgan fingerprint density at radius 2 is 1.49 bits per heavy atom. The number of carbonyl (C=O) groups excluding carboxylic acids is 2. The molecule has 1 aliphatic heterocycles. The molecule has 240 valence electrons. The fourth-order valence-corrected chi connectivity index (χ4v) is 8.27. The number of aliphatic carboxylic acids is 1. The first-order chi connectivity index (χ1) is 20.9. The topological polar surface area (TPSA) is 127 Å². The number of hydrogen-bond donors (Lipinski definition) is 1. The van der Waals surface area contributed by atoms with Crippen molar-refractivity contribution in [2.24, 2.45) is 10.8 Å². The Hall–Kier alpha value is -3.44. The van der Waals surface area contributed by atoms with Gasteiger partial charge in [-0.1, -0.05) is 45.4 Å². The van der Waals surface area contributed by atoms with Gasteiger partial charge >= 0.3 is 16.1 Å². The number of nitrogens with zero attached hydrogens (tertiary/aromatic N) is 1. The summed E-state index contributed by atoms with van der Waals surface area (Å²) in [7, 11) is -4.23. The van der Waals surface area contributed by atoms with E-state index in [1.54, 1.807) is 36.1 Å². The predicted octanol–water partition coefficient (Wildman–Crippen LogP) is 6.69. The molecule has 0 saturated heterocycles. The van der Waals surface area contributed by atoms with E-state index in [2.05, 4.69) is 15.9 Å². The molecule has 0 atom stereocenters. The van der Waals surface area contributed by atoms with E-state index in [4.69, 9.17) is 8.92 Å².